The van der Waals surface area contributed by atoms with Crippen LogP contribution in [0.3, 0.4) is 0 Å². The molecule has 1 aliphatic heterocycles. The van der Waals surface area contributed by atoms with Gasteiger partial charge in [0.15, 0.2) is 0 Å². The van der Waals surface area contributed by atoms with Crippen molar-refractivity contribution in [2.75, 3.05) is 25.5 Å². The zero-order chi connectivity index (χ0) is 11.5. The molecule has 5 heteroatoms. The van der Waals surface area contributed by atoms with E-state index in [9.17, 15) is 4.79 Å². The van der Waals surface area contributed by atoms with Gasteiger partial charge in [-0.15, -0.1) is 0 Å². The molecule has 0 spiro atoms. The number of nitrogens with zero attached hydrogens (tertiary/aromatic N) is 2. The molecular formula is C11H15N3O2. The molecular weight excluding hydrogens is 206 g/mol. The summed E-state index contributed by atoms with van der Waals surface area (Å²) in [7, 11) is 0. The lowest BCUT2D eigenvalue weighted by Gasteiger charge is -2.33. The fourth-order valence-electron chi connectivity index (χ4n) is 1.71. The van der Waals surface area contributed by atoms with Gasteiger partial charge in [0.05, 0.1) is 31.1 Å². The van der Waals surface area contributed by atoms with Crippen LogP contribution in [0.1, 0.15) is 17.4 Å². The van der Waals surface area contributed by atoms with Gasteiger partial charge in [-0.1, -0.05) is 0 Å². The molecule has 86 valence electrons. The van der Waals surface area contributed by atoms with Gasteiger partial charge in [-0.25, -0.2) is 4.98 Å². The minimum Gasteiger partial charge on any atom is -0.397 e. The summed E-state index contributed by atoms with van der Waals surface area (Å²) in [5.41, 5.74) is 6.52. The van der Waals surface area contributed by atoms with Crippen LogP contribution in [0.15, 0.2) is 18.3 Å². The maximum absolute atomic E-state index is 12.1. The second-order valence-electron chi connectivity index (χ2n) is 3.90. The van der Waals surface area contributed by atoms with E-state index in [0.717, 1.165) is 0 Å². The normalized spacial score (nSPS) is 20.8. The first-order chi connectivity index (χ1) is 7.68. The van der Waals surface area contributed by atoms with Crippen LogP contribution in [0.5, 0.6) is 0 Å². The SMILES string of the molecule is C[C@@H]1COCCN1C(=O)c1ccc(N)cn1. The van der Waals surface area contributed by atoms with Crippen LogP contribution in [0.2, 0.25) is 0 Å². The molecule has 1 aromatic heterocycles. The van der Waals surface area contributed by atoms with Gasteiger partial charge < -0.3 is 15.4 Å². The fraction of sp³-hybridized carbons (Fsp3) is 0.455. The molecule has 1 fully saturated rings. The minimum absolute atomic E-state index is 0.0594. The van der Waals surface area contributed by atoms with Crippen LogP contribution in [-0.2, 0) is 4.74 Å². The molecule has 16 heavy (non-hydrogen) atoms. The summed E-state index contributed by atoms with van der Waals surface area (Å²) in [6.45, 7) is 3.76. The number of ether oxygens (including phenoxy) is 1. The van der Waals surface area contributed by atoms with Crippen molar-refractivity contribution in [3.63, 3.8) is 0 Å². The van der Waals surface area contributed by atoms with E-state index >= 15 is 0 Å². The summed E-state index contributed by atoms with van der Waals surface area (Å²) < 4.78 is 5.28. The van der Waals surface area contributed by atoms with Crippen LogP contribution in [0.4, 0.5) is 5.69 Å². The lowest BCUT2D eigenvalue weighted by molar-refractivity contribution is 0.00327. The van der Waals surface area contributed by atoms with Crippen molar-refractivity contribution in [2.24, 2.45) is 0 Å². The van der Waals surface area contributed by atoms with Crippen LogP contribution < -0.4 is 5.73 Å². The van der Waals surface area contributed by atoms with Crippen molar-refractivity contribution < 1.29 is 9.53 Å². The molecule has 2 heterocycles. The van der Waals surface area contributed by atoms with Crippen LogP contribution in [0.25, 0.3) is 0 Å². The third kappa shape index (κ3) is 2.14. The number of hydrogen-bond donors (Lipinski definition) is 1. The average Bonchev–Trinajstić information content (AvgIpc) is 2.30. The number of anilines is 1. The molecule has 5 nitrogen and oxygen atoms in total. The predicted molar refractivity (Wildman–Crippen MR) is 60.0 cm³/mol. The number of nitrogen functional groups attached to an aromatic ring is 1. The largest absolute Gasteiger partial charge is 0.397 e. The highest BCUT2D eigenvalue weighted by Gasteiger charge is 2.25. The highest BCUT2D eigenvalue weighted by molar-refractivity contribution is 5.92. The van der Waals surface area contributed by atoms with Gasteiger partial charge in [0.25, 0.3) is 5.91 Å². The smallest absolute Gasteiger partial charge is 0.272 e. The van der Waals surface area contributed by atoms with Crippen LogP contribution in [-0.4, -0.2) is 41.6 Å². The third-order valence-electron chi connectivity index (χ3n) is 2.63. The summed E-state index contributed by atoms with van der Waals surface area (Å²) in [6.07, 6.45) is 1.50. The van der Waals surface area contributed by atoms with E-state index in [2.05, 4.69) is 4.98 Å². The van der Waals surface area contributed by atoms with E-state index in [-0.39, 0.29) is 11.9 Å². The molecule has 1 saturated heterocycles. The van der Waals surface area contributed by atoms with Gasteiger partial charge in [0.1, 0.15) is 5.69 Å². The molecule has 1 aliphatic rings. The quantitative estimate of drug-likeness (QED) is 0.750. The number of rotatable bonds is 1. The summed E-state index contributed by atoms with van der Waals surface area (Å²) in [6, 6.07) is 3.44. The van der Waals surface area contributed by atoms with Gasteiger partial charge in [-0.2, -0.15) is 0 Å². The Hall–Kier alpha value is -1.62. The van der Waals surface area contributed by atoms with Crippen molar-refractivity contribution in [3.8, 4) is 0 Å². The van der Waals surface area contributed by atoms with E-state index in [0.29, 0.717) is 31.1 Å². The third-order valence-corrected chi connectivity index (χ3v) is 2.63. The lowest BCUT2D eigenvalue weighted by Crippen LogP contribution is -2.47. The van der Waals surface area contributed by atoms with Crippen molar-refractivity contribution in [1.29, 1.82) is 0 Å². The minimum atomic E-state index is -0.0594. The zero-order valence-corrected chi connectivity index (χ0v) is 9.22. The number of nitrogens with two attached hydrogens (primary N) is 1. The Morgan fingerprint density at radius 2 is 2.44 bits per heavy atom. The Morgan fingerprint density at radius 1 is 1.62 bits per heavy atom. The van der Waals surface area contributed by atoms with Crippen molar-refractivity contribution in [2.45, 2.75) is 13.0 Å². The Labute approximate surface area is 94.2 Å². The average molecular weight is 221 g/mol. The number of hydrogen-bond acceptors (Lipinski definition) is 4. The topological polar surface area (TPSA) is 68.5 Å². The number of pyridine rings is 1. The molecule has 0 bridgehead atoms. The Balaban J connectivity index is 2.14. The molecule has 0 aromatic carbocycles. The number of carbonyl (C=O) groups is 1. The molecule has 0 radical (unpaired) electrons. The van der Waals surface area contributed by atoms with E-state index in [1.807, 2.05) is 6.92 Å². The Kier molecular flexibility index (Phi) is 3.05. The van der Waals surface area contributed by atoms with E-state index in [1.165, 1.54) is 6.20 Å². The Morgan fingerprint density at radius 3 is 3.06 bits per heavy atom. The van der Waals surface area contributed by atoms with Crippen molar-refractivity contribution in [1.82, 2.24) is 9.88 Å². The second-order valence-corrected chi connectivity index (χ2v) is 3.90. The molecule has 1 aromatic rings. The van der Waals surface area contributed by atoms with E-state index < -0.39 is 0 Å². The standard InChI is InChI=1S/C11H15N3O2/c1-8-7-16-5-4-14(8)11(15)10-3-2-9(12)6-13-10/h2-3,6,8H,4-5,7,12H2,1H3/t8-/m1/s1. The molecule has 1 atom stereocenters. The summed E-state index contributed by atoms with van der Waals surface area (Å²) in [5.74, 6) is -0.0594. The van der Waals surface area contributed by atoms with Crippen molar-refractivity contribution >= 4 is 11.6 Å². The van der Waals surface area contributed by atoms with Gasteiger partial charge in [0, 0.05) is 6.54 Å². The molecule has 1 amide bonds. The number of morpholine rings is 1. The number of aromatic nitrogens is 1. The maximum Gasteiger partial charge on any atom is 0.272 e. The molecule has 0 saturated carbocycles. The molecule has 2 rings (SSSR count). The van der Waals surface area contributed by atoms with Gasteiger partial charge >= 0.3 is 0 Å². The van der Waals surface area contributed by atoms with Crippen LogP contribution >= 0.6 is 0 Å². The first-order valence-electron chi connectivity index (χ1n) is 5.28. The lowest BCUT2D eigenvalue weighted by atomic mass is 10.2. The van der Waals surface area contributed by atoms with Crippen LogP contribution in [0, 0.1) is 0 Å². The van der Waals surface area contributed by atoms with Crippen molar-refractivity contribution in [3.05, 3.63) is 24.0 Å². The molecule has 2 N–H and O–H groups in total. The number of carbonyl (C=O) groups excluding carboxylic acids is 1. The second kappa shape index (κ2) is 4.49. The van der Waals surface area contributed by atoms with Gasteiger partial charge in [-0.3, -0.25) is 4.79 Å². The maximum atomic E-state index is 12.1. The Bertz CT molecular complexity index is 377. The predicted octanol–water partition coefficient (Wildman–Crippen LogP) is 0.525. The first-order valence-corrected chi connectivity index (χ1v) is 5.28. The zero-order valence-electron chi connectivity index (χ0n) is 9.22. The first kappa shape index (κ1) is 10.9. The van der Waals surface area contributed by atoms with E-state index in [1.54, 1.807) is 17.0 Å². The van der Waals surface area contributed by atoms with Gasteiger partial charge in [-0.05, 0) is 19.1 Å². The van der Waals surface area contributed by atoms with Gasteiger partial charge in [0.2, 0.25) is 0 Å². The molecule has 0 unspecified atom stereocenters. The summed E-state index contributed by atoms with van der Waals surface area (Å²) >= 11 is 0. The summed E-state index contributed by atoms with van der Waals surface area (Å²) in [4.78, 5) is 17.9. The fourth-order valence-corrected chi connectivity index (χ4v) is 1.71. The highest BCUT2D eigenvalue weighted by atomic mass is 16.5. The van der Waals surface area contributed by atoms with E-state index in [4.69, 9.17) is 10.5 Å². The summed E-state index contributed by atoms with van der Waals surface area (Å²) in [5, 5.41) is 0. The highest BCUT2D eigenvalue weighted by Crippen LogP contribution is 2.11. The monoisotopic (exact) mass is 221 g/mol. The number of amides is 1. The molecule has 0 aliphatic carbocycles.